The van der Waals surface area contributed by atoms with E-state index < -0.39 is 5.97 Å². The number of carbonyl (C=O) groups excluding carboxylic acids is 1. The molecular weight excluding hydrogens is 260 g/mol. The van der Waals surface area contributed by atoms with Crippen molar-refractivity contribution in [2.24, 2.45) is 0 Å². The molecule has 0 spiro atoms. The first-order valence-electron chi connectivity index (χ1n) is 6.20. The number of nitrogens with zero attached hydrogens (tertiary/aromatic N) is 2. The van der Waals surface area contributed by atoms with Gasteiger partial charge >= 0.3 is 5.97 Å². The molecule has 0 aliphatic carbocycles. The van der Waals surface area contributed by atoms with Gasteiger partial charge in [-0.05, 0) is 23.6 Å². The lowest BCUT2D eigenvalue weighted by molar-refractivity contribution is 0.0694. The molecule has 3 rings (SSSR count). The first-order chi connectivity index (χ1) is 9.66. The minimum Gasteiger partial charge on any atom is -0.478 e. The van der Waals surface area contributed by atoms with Crippen molar-refractivity contribution in [1.29, 1.82) is 0 Å². The molecule has 0 bridgehead atoms. The van der Waals surface area contributed by atoms with E-state index in [2.05, 4.69) is 9.68 Å². The van der Waals surface area contributed by atoms with E-state index in [4.69, 9.17) is 5.11 Å². The van der Waals surface area contributed by atoms with E-state index in [9.17, 15) is 9.59 Å². The third-order valence-corrected chi connectivity index (χ3v) is 3.44. The quantitative estimate of drug-likeness (QED) is 0.897. The van der Waals surface area contributed by atoms with Gasteiger partial charge in [0.2, 0.25) is 0 Å². The highest BCUT2D eigenvalue weighted by molar-refractivity contribution is 5.93. The maximum atomic E-state index is 12.2. The van der Waals surface area contributed by atoms with Crippen LogP contribution in [0.2, 0.25) is 0 Å². The molecule has 6 heteroatoms. The summed E-state index contributed by atoms with van der Waals surface area (Å²) in [6, 6.07) is 6.66. The fourth-order valence-corrected chi connectivity index (χ4v) is 2.47. The molecule has 1 aliphatic heterocycles. The van der Waals surface area contributed by atoms with Crippen molar-refractivity contribution < 1.29 is 19.2 Å². The molecule has 20 heavy (non-hydrogen) atoms. The number of aromatic nitrogens is 1. The lowest BCUT2D eigenvalue weighted by Gasteiger charge is -2.29. The van der Waals surface area contributed by atoms with E-state index in [0.717, 1.165) is 11.1 Å². The van der Waals surface area contributed by atoms with Crippen LogP contribution in [-0.2, 0) is 13.0 Å². The summed E-state index contributed by atoms with van der Waals surface area (Å²) < 4.78 is 4.67. The molecule has 0 unspecified atom stereocenters. The molecule has 1 amide bonds. The SMILES string of the molecule is O=C(O)c1cccc2c1CCN(C(=O)c1ccon1)C2. The Labute approximate surface area is 114 Å². The smallest absolute Gasteiger partial charge is 0.335 e. The van der Waals surface area contributed by atoms with Crippen LogP contribution in [0.1, 0.15) is 32.0 Å². The summed E-state index contributed by atoms with van der Waals surface area (Å²) in [6.07, 6.45) is 1.88. The third-order valence-electron chi connectivity index (χ3n) is 3.44. The minimum atomic E-state index is -0.932. The number of hydrogen-bond donors (Lipinski definition) is 1. The maximum absolute atomic E-state index is 12.2. The van der Waals surface area contributed by atoms with Gasteiger partial charge in [-0.2, -0.15) is 0 Å². The average molecular weight is 272 g/mol. The Balaban J connectivity index is 1.88. The van der Waals surface area contributed by atoms with Crippen molar-refractivity contribution in [2.75, 3.05) is 6.54 Å². The predicted octanol–water partition coefficient (Wildman–Crippen LogP) is 1.57. The van der Waals surface area contributed by atoms with Gasteiger partial charge < -0.3 is 14.5 Å². The number of carbonyl (C=O) groups is 2. The van der Waals surface area contributed by atoms with Gasteiger partial charge in [-0.25, -0.2) is 4.79 Å². The lowest BCUT2D eigenvalue weighted by atomic mass is 9.94. The third kappa shape index (κ3) is 2.05. The highest BCUT2D eigenvalue weighted by Crippen LogP contribution is 2.23. The van der Waals surface area contributed by atoms with Crippen LogP contribution in [0.4, 0.5) is 0 Å². The Bertz CT molecular complexity index is 664. The molecule has 1 aromatic heterocycles. The summed E-state index contributed by atoms with van der Waals surface area (Å²) in [4.78, 5) is 25.0. The van der Waals surface area contributed by atoms with Crippen LogP contribution in [0, 0.1) is 0 Å². The summed E-state index contributed by atoms with van der Waals surface area (Å²) in [6.45, 7) is 0.866. The maximum Gasteiger partial charge on any atom is 0.335 e. The van der Waals surface area contributed by atoms with Crippen LogP contribution in [0.25, 0.3) is 0 Å². The van der Waals surface area contributed by atoms with E-state index in [-0.39, 0.29) is 11.6 Å². The normalized spacial score (nSPS) is 13.9. The van der Waals surface area contributed by atoms with Crippen LogP contribution >= 0.6 is 0 Å². The van der Waals surface area contributed by atoms with Crippen LogP contribution in [-0.4, -0.2) is 33.6 Å². The lowest BCUT2D eigenvalue weighted by Crippen LogP contribution is -2.36. The van der Waals surface area contributed by atoms with Crippen LogP contribution < -0.4 is 0 Å². The Kier molecular flexibility index (Phi) is 2.98. The number of fused-ring (bicyclic) bond motifs is 1. The van der Waals surface area contributed by atoms with Crippen molar-refractivity contribution in [3.63, 3.8) is 0 Å². The molecule has 6 nitrogen and oxygen atoms in total. The summed E-state index contributed by atoms with van der Waals surface area (Å²) in [7, 11) is 0. The number of aromatic carboxylic acids is 1. The number of rotatable bonds is 2. The van der Waals surface area contributed by atoms with Gasteiger partial charge in [0.05, 0.1) is 5.56 Å². The largest absolute Gasteiger partial charge is 0.478 e. The molecule has 1 aliphatic rings. The Morgan fingerprint density at radius 3 is 2.85 bits per heavy atom. The highest BCUT2D eigenvalue weighted by atomic mass is 16.5. The summed E-state index contributed by atoms with van der Waals surface area (Å²) >= 11 is 0. The second-order valence-corrected chi connectivity index (χ2v) is 4.61. The second-order valence-electron chi connectivity index (χ2n) is 4.61. The first-order valence-corrected chi connectivity index (χ1v) is 6.20. The number of benzene rings is 1. The van der Waals surface area contributed by atoms with E-state index in [1.54, 1.807) is 17.0 Å². The number of carboxylic acid groups (broad SMARTS) is 1. The van der Waals surface area contributed by atoms with Gasteiger partial charge in [-0.15, -0.1) is 0 Å². The molecule has 1 N–H and O–H groups in total. The van der Waals surface area contributed by atoms with Gasteiger partial charge in [0, 0.05) is 19.2 Å². The molecule has 0 atom stereocenters. The van der Waals surface area contributed by atoms with Crippen molar-refractivity contribution in [2.45, 2.75) is 13.0 Å². The summed E-state index contributed by atoms with van der Waals surface area (Å²) in [5, 5.41) is 12.8. The predicted molar refractivity (Wildman–Crippen MR) is 68.3 cm³/mol. The van der Waals surface area contributed by atoms with Gasteiger partial charge in [0.15, 0.2) is 5.69 Å². The minimum absolute atomic E-state index is 0.204. The highest BCUT2D eigenvalue weighted by Gasteiger charge is 2.25. The molecule has 0 fully saturated rings. The molecule has 0 saturated heterocycles. The van der Waals surface area contributed by atoms with Crippen molar-refractivity contribution in [1.82, 2.24) is 10.1 Å². The zero-order valence-corrected chi connectivity index (χ0v) is 10.6. The van der Waals surface area contributed by atoms with Gasteiger partial charge in [-0.3, -0.25) is 4.79 Å². The van der Waals surface area contributed by atoms with Crippen molar-refractivity contribution in [3.8, 4) is 0 Å². The van der Waals surface area contributed by atoms with E-state index >= 15 is 0 Å². The average Bonchev–Trinajstić information content (AvgIpc) is 2.99. The summed E-state index contributed by atoms with van der Waals surface area (Å²) in [5.41, 5.74) is 2.26. The first kappa shape index (κ1) is 12.4. The van der Waals surface area contributed by atoms with E-state index in [0.29, 0.717) is 25.1 Å². The Morgan fingerprint density at radius 1 is 1.30 bits per heavy atom. The van der Waals surface area contributed by atoms with Crippen molar-refractivity contribution in [3.05, 3.63) is 52.9 Å². The number of amides is 1. The number of hydrogen-bond acceptors (Lipinski definition) is 4. The van der Waals surface area contributed by atoms with E-state index in [1.807, 2.05) is 6.07 Å². The Hall–Kier alpha value is -2.63. The number of carboxylic acids is 1. The Morgan fingerprint density at radius 2 is 2.15 bits per heavy atom. The molecule has 2 aromatic rings. The van der Waals surface area contributed by atoms with Crippen LogP contribution in [0.5, 0.6) is 0 Å². The zero-order valence-electron chi connectivity index (χ0n) is 10.6. The topological polar surface area (TPSA) is 83.6 Å². The van der Waals surface area contributed by atoms with Gasteiger partial charge in [0.1, 0.15) is 6.26 Å². The molecular formula is C14H12N2O4. The van der Waals surface area contributed by atoms with Gasteiger partial charge in [-0.1, -0.05) is 17.3 Å². The van der Waals surface area contributed by atoms with Crippen LogP contribution in [0.15, 0.2) is 35.1 Å². The monoisotopic (exact) mass is 272 g/mol. The fourth-order valence-electron chi connectivity index (χ4n) is 2.47. The fraction of sp³-hybridized carbons (Fsp3) is 0.214. The molecule has 102 valence electrons. The standard InChI is InChI=1S/C14H12N2O4/c17-13(12-5-7-20-15-12)16-6-4-10-9(8-16)2-1-3-11(10)14(18)19/h1-3,5,7H,4,6,8H2,(H,18,19). The van der Waals surface area contributed by atoms with Crippen molar-refractivity contribution >= 4 is 11.9 Å². The summed E-state index contributed by atoms with van der Waals surface area (Å²) in [5.74, 6) is -1.14. The van der Waals surface area contributed by atoms with Gasteiger partial charge in [0.25, 0.3) is 5.91 Å². The second kappa shape index (κ2) is 4.80. The molecule has 2 heterocycles. The van der Waals surface area contributed by atoms with E-state index in [1.165, 1.54) is 12.3 Å². The molecule has 1 aromatic carbocycles. The van der Waals surface area contributed by atoms with Crippen LogP contribution in [0.3, 0.4) is 0 Å². The zero-order chi connectivity index (χ0) is 14.1. The molecule has 0 saturated carbocycles. The molecule has 0 radical (unpaired) electrons.